The Morgan fingerprint density at radius 3 is 2.47 bits per heavy atom. The number of amides is 3. The number of hydrogen-bond acceptors (Lipinski definition) is 2. The number of nitrogens with one attached hydrogen (secondary N) is 2. The molecule has 0 radical (unpaired) electrons. The molecular weight excluding hydrogens is 218 g/mol. The number of carbonyl (C=O) groups excluding carboxylic acids is 2. The number of urea groups is 1. The van der Waals surface area contributed by atoms with Crippen LogP contribution >= 0.6 is 0 Å². The molecule has 5 heteroatoms. The van der Waals surface area contributed by atoms with Gasteiger partial charge in [-0.1, -0.05) is 20.3 Å². The van der Waals surface area contributed by atoms with E-state index in [-0.39, 0.29) is 23.9 Å². The van der Waals surface area contributed by atoms with Gasteiger partial charge >= 0.3 is 6.03 Å². The Kier molecular flexibility index (Phi) is 5.25. The lowest BCUT2D eigenvalue weighted by molar-refractivity contribution is -0.130. The lowest BCUT2D eigenvalue weighted by atomic mass is 9.93. The highest BCUT2D eigenvalue weighted by atomic mass is 16.2. The molecule has 5 nitrogen and oxygen atoms in total. The van der Waals surface area contributed by atoms with Crippen molar-refractivity contribution >= 4 is 11.9 Å². The van der Waals surface area contributed by atoms with Gasteiger partial charge < -0.3 is 5.32 Å². The molecule has 0 saturated heterocycles. The molecule has 17 heavy (non-hydrogen) atoms. The van der Waals surface area contributed by atoms with Gasteiger partial charge in [-0.25, -0.2) is 9.80 Å². The number of nitrogens with zero attached hydrogens (tertiary/aromatic N) is 1. The van der Waals surface area contributed by atoms with Crippen LogP contribution in [0.2, 0.25) is 0 Å². The highest BCUT2D eigenvalue weighted by molar-refractivity contribution is 5.82. The maximum atomic E-state index is 11.9. The molecule has 2 N–H and O–H groups in total. The van der Waals surface area contributed by atoms with Crippen LogP contribution < -0.4 is 10.7 Å². The molecule has 3 amide bonds. The molecule has 1 rings (SSSR count). The van der Waals surface area contributed by atoms with Gasteiger partial charge in [0.25, 0.3) is 0 Å². The number of rotatable bonds is 4. The molecule has 1 fully saturated rings. The van der Waals surface area contributed by atoms with Crippen LogP contribution in [-0.4, -0.2) is 30.0 Å². The van der Waals surface area contributed by atoms with Crippen LogP contribution in [0.5, 0.6) is 0 Å². The molecule has 0 aromatic heterocycles. The van der Waals surface area contributed by atoms with Crippen molar-refractivity contribution in [1.29, 1.82) is 0 Å². The van der Waals surface area contributed by atoms with E-state index in [1.165, 1.54) is 5.01 Å². The van der Waals surface area contributed by atoms with Crippen LogP contribution in [0.15, 0.2) is 0 Å². The van der Waals surface area contributed by atoms with E-state index < -0.39 is 0 Å². The monoisotopic (exact) mass is 241 g/mol. The fourth-order valence-corrected chi connectivity index (χ4v) is 1.87. The summed E-state index contributed by atoms with van der Waals surface area (Å²) in [7, 11) is 1.58. The summed E-state index contributed by atoms with van der Waals surface area (Å²) in [6, 6.07) is -0.0699. The van der Waals surface area contributed by atoms with Gasteiger partial charge in [0.05, 0.1) is 6.04 Å². The molecule has 1 aliphatic carbocycles. The second-order valence-electron chi connectivity index (χ2n) is 4.68. The van der Waals surface area contributed by atoms with Crippen molar-refractivity contribution in [2.45, 2.75) is 52.0 Å². The van der Waals surface area contributed by atoms with E-state index >= 15 is 0 Å². The SMILES string of the molecule is CCCC(C)C(=O)NN(C(=O)NC)C1CCC1. The Morgan fingerprint density at radius 1 is 1.41 bits per heavy atom. The van der Waals surface area contributed by atoms with Gasteiger partial charge in [-0.05, 0) is 25.7 Å². The van der Waals surface area contributed by atoms with Crippen molar-refractivity contribution in [3.05, 3.63) is 0 Å². The minimum Gasteiger partial charge on any atom is -0.340 e. The Labute approximate surface area is 103 Å². The zero-order valence-corrected chi connectivity index (χ0v) is 11.0. The summed E-state index contributed by atoms with van der Waals surface area (Å²) in [5.74, 6) is -0.116. The first-order valence-electron chi connectivity index (χ1n) is 6.41. The molecule has 98 valence electrons. The predicted molar refractivity (Wildman–Crippen MR) is 66.1 cm³/mol. The predicted octanol–water partition coefficient (Wildman–Crippen LogP) is 1.65. The van der Waals surface area contributed by atoms with Crippen molar-refractivity contribution in [2.24, 2.45) is 5.92 Å². The number of carbonyl (C=O) groups is 2. The lowest BCUT2D eigenvalue weighted by Gasteiger charge is -2.37. The fourth-order valence-electron chi connectivity index (χ4n) is 1.87. The highest BCUT2D eigenvalue weighted by Crippen LogP contribution is 2.23. The molecule has 1 atom stereocenters. The first-order chi connectivity index (χ1) is 8.10. The van der Waals surface area contributed by atoms with Crippen LogP contribution in [-0.2, 0) is 4.79 Å². The van der Waals surface area contributed by atoms with Gasteiger partial charge in [0, 0.05) is 13.0 Å². The quantitative estimate of drug-likeness (QED) is 0.735. The van der Waals surface area contributed by atoms with Gasteiger partial charge in [0.1, 0.15) is 0 Å². The van der Waals surface area contributed by atoms with Gasteiger partial charge in [-0.15, -0.1) is 0 Å². The highest BCUT2D eigenvalue weighted by Gasteiger charge is 2.30. The van der Waals surface area contributed by atoms with Crippen molar-refractivity contribution in [1.82, 2.24) is 15.8 Å². The second kappa shape index (κ2) is 6.47. The zero-order chi connectivity index (χ0) is 12.8. The Bertz CT molecular complexity index is 277. The molecule has 0 spiro atoms. The van der Waals surface area contributed by atoms with Crippen LogP contribution in [0, 0.1) is 5.92 Å². The summed E-state index contributed by atoms with van der Waals surface area (Å²) in [5.41, 5.74) is 2.74. The van der Waals surface area contributed by atoms with Gasteiger partial charge in [-0.2, -0.15) is 0 Å². The smallest absolute Gasteiger partial charge is 0.336 e. The van der Waals surface area contributed by atoms with E-state index in [9.17, 15) is 9.59 Å². The Balaban J connectivity index is 2.53. The van der Waals surface area contributed by atoms with E-state index in [0.717, 1.165) is 32.1 Å². The van der Waals surface area contributed by atoms with E-state index in [1.807, 2.05) is 13.8 Å². The van der Waals surface area contributed by atoms with Crippen LogP contribution in [0.3, 0.4) is 0 Å². The van der Waals surface area contributed by atoms with Crippen molar-refractivity contribution in [3.63, 3.8) is 0 Å². The van der Waals surface area contributed by atoms with Crippen molar-refractivity contribution in [2.75, 3.05) is 7.05 Å². The molecule has 0 bridgehead atoms. The standard InChI is InChI=1S/C12H23N3O2/c1-4-6-9(2)11(16)14-15(12(17)13-3)10-7-5-8-10/h9-10H,4-8H2,1-3H3,(H,13,17)(H,14,16). The summed E-state index contributed by atoms with van der Waals surface area (Å²) >= 11 is 0. The maximum absolute atomic E-state index is 11.9. The van der Waals surface area contributed by atoms with E-state index in [1.54, 1.807) is 7.05 Å². The third kappa shape index (κ3) is 3.61. The van der Waals surface area contributed by atoms with E-state index in [0.29, 0.717) is 0 Å². The fraction of sp³-hybridized carbons (Fsp3) is 0.833. The number of hydrogen-bond donors (Lipinski definition) is 2. The third-order valence-corrected chi connectivity index (χ3v) is 3.27. The first kappa shape index (κ1) is 13.8. The third-order valence-electron chi connectivity index (χ3n) is 3.27. The summed E-state index contributed by atoms with van der Waals surface area (Å²) in [5, 5.41) is 4.02. The minimum atomic E-state index is -0.230. The Hall–Kier alpha value is -1.26. The van der Waals surface area contributed by atoms with Crippen LogP contribution in [0.4, 0.5) is 4.79 Å². The normalized spacial score (nSPS) is 16.9. The van der Waals surface area contributed by atoms with Gasteiger partial charge in [0.2, 0.25) is 5.91 Å². The molecule has 1 unspecified atom stereocenters. The molecule has 0 aliphatic heterocycles. The average Bonchev–Trinajstić information content (AvgIpc) is 2.24. The van der Waals surface area contributed by atoms with Gasteiger partial charge in [0.15, 0.2) is 0 Å². The Morgan fingerprint density at radius 2 is 2.06 bits per heavy atom. The molecule has 0 aromatic rings. The topological polar surface area (TPSA) is 61.4 Å². The lowest BCUT2D eigenvalue weighted by Crippen LogP contribution is -2.57. The molecule has 0 heterocycles. The summed E-state index contributed by atoms with van der Waals surface area (Å²) in [6.07, 6.45) is 4.88. The molecule has 1 saturated carbocycles. The second-order valence-corrected chi connectivity index (χ2v) is 4.68. The van der Waals surface area contributed by atoms with E-state index in [2.05, 4.69) is 10.7 Å². The summed E-state index contributed by atoms with van der Waals surface area (Å²) < 4.78 is 0. The molecule has 1 aliphatic rings. The average molecular weight is 241 g/mol. The molecule has 0 aromatic carbocycles. The van der Waals surface area contributed by atoms with Crippen molar-refractivity contribution in [3.8, 4) is 0 Å². The zero-order valence-electron chi connectivity index (χ0n) is 11.0. The number of hydrazine groups is 1. The van der Waals surface area contributed by atoms with Crippen molar-refractivity contribution < 1.29 is 9.59 Å². The van der Waals surface area contributed by atoms with E-state index in [4.69, 9.17) is 0 Å². The first-order valence-corrected chi connectivity index (χ1v) is 6.41. The molecular formula is C12H23N3O2. The van der Waals surface area contributed by atoms with Gasteiger partial charge in [-0.3, -0.25) is 10.2 Å². The van der Waals surface area contributed by atoms with Crippen LogP contribution in [0.25, 0.3) is 0 Å². The van der Waals surface area contributed by atoms with Crippen LogP contribution in [0.1, 0.15) is 46.0 Å². The summed E-state index contributed by atoms with van der Waals surface area (Å²) in [6.45, 7) is 3.94. The maximum Gasteiger partial charge on any atom is 0.336 e. The largest absolute Gasteiger partial charge is 0.340 e. The summed E-state index contributed by atoms with van der Waals surface area (Å²) in [4.78, 5) is 23.5. The minimum absolute atomic E-state index is 0.0489.